The van der Waals surface area contributed by atoms with Crippen molar-refractivity contribution in [3.63, 3.8) is 0 Å². The smallest absolute Gasteiger partial charge is 0.0892 e. The Hall–Kier alpha value is -0.990. The van der Waals surface area contributed by atoms with E-state index in [1.165, 1.54) is 6.01 Å². The number of hydrogen-bond acceptors (Lipinski definition) is 5. The molecule has 0 spiro atoms. The summed E-state index contributed by atoms with van der Waals surface area (Å²) in [4.78, 5) is 9.99. The van der Waals surface area contributed by atoms with Gasteiger partial charge in [0.05, 0.1) is 18.6 Å². The lowest BCUT2D eigenvalue weighted by molar-refractivity contribution is 0.403. The molecule has 5 nitrogen and oxygen atoms in total. The summed E-state index contributed by atoms with van der Waals surface area (Å²) in [6.07, 6.45) is 1.08. The molecular formula is C9H20ClN5. The van der Waals surface area contributed by atoms with E-state index in [9.17, 15) is 0 Å². The zero-order chi connectivity index (χ0) is 11.2. The molecule has 0 bridgehead atoms. The van der Waals surface area contributed by atoms with E-state index in [4.69, 9.17) is 10.8 Å². The van der Waals surface area contributed by atoms with E-state index in [0.29, 0.717) is 0 Å². The van der Waals surface area contributed by atoms with Gasteiger partial charge in [0.15, 0.2) is 0 Å². The zero-order valence-electron chi connectivity index (χ0n) is 9.58. The van der Waals surface area contributed by atoms with Crippen LogP contribution < -0.4 is 0 Å². The van der Waals surface area contributed by atoms with Crippen LogP contribution in [0.5, 0.6) is 0 Å². The van der Waals surface area contributed by atoms with Crippen molar-refractivity contribution in [2.75, 3.05) is 33.7 Å². The second kappa shape index (κ2) is 18.7. The Bertz CT molecular complexity index is 203. The highest BCUT2D eigenvalue weighted by Gasteiger charge is 1.86. The van der Waals surface area contributed by atoms with Crippen molar-refractivity contribution in [3.05, 3.63) is 0 Å². The van der Waals surface area contributed by atoms with E-state index in [1.54, 1.807) is 0 Å². The first-order chi connectivity index (χ1) is 6.68. The van der Waals surface area contributed by atoms with Gasteiger partial charge in [-0.15, -0.1) is 12.4 Å². The normalized spacial score (nSPS) is 7.47. The first-order valence-corrected chi connectivity index (χ1v) is 4.50. The van der Waals surface area contributed by atoms with Gasteiger partial charge in [0.25, 0.3) is 0 Å². The minimum absolute atomic E-state index is 0. The molecule has 88 valence electrons. The van der Waals surface area contributed by atoms with Crippen molar-refractivity contribution in [3.8, 4) is 0 Å². The lowest BCUT2D eigenvalue weighted by atomic mass is 10.4. The van der Waals surface area contributed by atoms with Crippen LogP contribution in [0, 0.1) is 10.8 Å². The van der Waals surface area contributed by atoms with Crippen molar-refractivity contribution in [1.29, 1.82) is 10.8 Å². The van der Waals surface area contributed by atoms with Crippen LogP contribution in [0.25, 0.3) is 0 Å². The number of rotatable bonds is 5. The van der Waals surface area contributed by atoms with Crippen molar-refractivity contribution in [2.45, 2.75) is 13.3 Å². The van der Waals surface area contributed by atoms with Crippen LogP contribution in [0.15, 0.2) is 9.98 Å². The maximum atomic E-state index is 5.62. The largest absolute Gasteiger partial charge is 0.309 e. The Morgan fingerprint density at radius 1 is 1.20 bits per heavy atom. The molecule has 0 unspecified atom stereocenters. The molecule has 0 atom stereocenters. The molecule has 0 aliphatic carbocycles. The third-order valence-corrected chi connectivity index (χ3v) is 1.17. The Balaban J connectivity index is -0.000000320. The summed E-state index contributed by atoms with van der Waals surface area (Å²) in [5, 5.41) is 11.2. The highest BCUT2D eigenvalue weighted by molar-refractivity contribution is 5.85. The summed E-state index contributed by atoms with van der Waals surface area (Å²) in [6, 6.07) is 3.89. The van der Waals surface area contributed by atoms with Crippen LogP contribution in [0.3, 0.4) is 0 Å². The van der Waals surface area contributed by atoms with Crippen molar-refractivity contribution >= 4 is 24.4 Å². The molecule has 0 saturated heterocycles. The Kier molecular flexibility index (Phi) is 24.4. The molecular weight excluding hydrogens is 214 g/mol. The molecule has 6 heteroatoms. The lowest BCUT2D eigenvalue weighted by Gasteiger charge is -2.05. The average Bonchev–Trinajstić information content (AvgIpc) is 2.12. The molecule has 0 amide bonds. The highest BCUT2D eigenvalue weighted by Crippen LogP contribution is 1.82. The fraction of sp³-hybridized carbons (Fsp3) is 0.778. The van der Waals surface area contributed by atoms with E-state index in [2.05, 4.69) is 35.0 Å². The molecule has 0 radical (unpaired) electrons. The topological polar surface area (TPSA) is 75.7 Å². The molecule has 0 aromatic heterocycles. The number of nitrogens with one attached hydrogen (secondary N) is 2. The van der Waals surface area contributed by atoms with Gasteiger partial charge in [-0.2, -0.15) is 0 Å². The van der Waals surface area contributed by atoms with Crippen molar-refractivity contribution in [2.24, 2.45) is 9.98 Å². The SMILES string of the molecule is CCN=C=NCCCN(C)C.Cl.N=C=N. The minimum Gasteiger partial charge on any atom is -0.309 e. The van der Waals surface area contributed by atoms with Crippen LogP contribution in [0.4, 0.5) is 0 Å². The first kappa shape index (κ1) is 19.6. The fourth-order valence-electron chi connectivity index (χ4n) is 0.637. The number of aliphatic imine (C=N–C) groups is 2. The summed E-state index contributed by atoms with van der Waals surface area (Å²) in [7, 11) is 4.12. The molecule has 0 aromatic carbocycles. The Morgan fingerprint density at radius 3 is 2.13 bits per heavy atom. The predicted octanol–water partition coefficient (Wildman–Crippen LogP) is 1.87. The maximum absolute atomic E-state index is 5.62. The quantitative estimate of drug-likeness (QED) is 0.552. The third-order valence-electron chi connectivity index (χ3n) is 1.17. The van der Waals surface area contributed by atoms with Crippen molar-refractivity contribution in [1.82, 2.24) is 4.90 Å². The number of nitrogens with zero attached hydrogens (tertiary/aromatic N) is 3. The molecule has 0 heterocycles. The van der Waals surface area contributed by atoms with E-state index in [0.717, 1.165) is 26.1 Å². The average molecular weight is 234 g/mol. The van der Waals surface area contributed by atoms with E-state index < -0.39 is 0 Å². The Morgan fingerprint density at radius 2 is 1.73 bits per heavy atom. The summed E-state index contributed by atoms with van der Waals surface area (Å²) in [5.74, 6) is 0. The van der Waals surface area contributed by atoms with Gasteiger partial charge in [-0.1, -0.05) is 0 Å². The van der Waals surface area contributed by atoms with Crippen LogP contribution in [-0.2, 0) is 0 Å². The second-order valence-electron chi connectivity index (χ2n) is 2.74. The Labute approximate surface area is 97.7 Å². The standard InChI is InChI=1S/C8H17N3.CH2N2.ClH/c1-4-9-8-10-6-5-7-11(2)3;2-1-3;/h4-7H2,1-3H3;2-3H;1H. The van der Waals surface area contributed by atoms with E-state index in [-0.39, 0.29) is 12.4 Å². The van der Waals surface area contributed by atoms with Gasteiger partial charge < -0.3 is 4.90 Å². The molecule has 0 aliphatic rings. The first-order valence-electron chi connectivity index (χ1n) is 4.50. The van der Waals surface area contributed by atoms with Gasteiger partial charge >= 0.3 is 0 Å². The summed E-state index contributed by atoms with van der Waals surface area (Å²) < 4.78 is 0. The molecule has 0 rings (SSSR count). The summed E-state index contributed by atoms with van der Waals surface area (Å²) in [5.41, 5.74) is 0. The monoisotopic (exact) mass is 233 g/mol. The molecule has 2 N–H and O–H groups in total. The number of hydrogen-bond donors (Lipinski definition) is 2. The maximum Gasteiger partial charge on any atom is 0.0892 e. The highest BCUT2D eigenvalue weighted by atomic mass is 35.5. The zero-order valence-corrected chi connectivity index (χ0v) is 10.4. The summed E-state index contributed by atoms with van der Waals surface area (Å²) in [6.45, 7) is 4.67. The van der Waals surface area contributed by atoms with Crippen LogP contribution in [0.2, 0.25) is 0 Å². The van der Waals surface area contributed by atoms with Gasteiger partial charge in [0.1, 0.15) is 0 Å². The van der Waals surface area contributed by atoms with Gasteiger partial charge in [-0.25, -0.2) is 20.8 Å². The third kappa shape index (κ3) is 32.1. The number of halogens is 1. The molecule has 0 fully saturated rings. The lowest BCUT2D eigenvalue weighted by Crippen LogP contribution is -2.13. The van der Waals surface area contributed by atoms with Gasteiger partial charge in [-0.3, -0.25) is 0 Å². The summed E-state index contributed by atoms with van der Waals surface area (Å²) >= 11 is 0. The van der Waals surface area contributed by atoms with Crippen LogP contribution >= 0.6 is 12.4 Å². The van der Waals surface area contributed by atoms with Gasteiger partial charge in [0, 0.05) is 6.54 Å². The second-order valence-corrected chi connectivity index (χ2v) is 2.74. The molecule has 0 aromatic rings. The fourth-order valence-corrected chi connectivity index (χ4v) is 0.637. The molecule has 15 heavy (non-hydrogen) atoms. The van der Waals surface area contributed by atoms with Crippen LogP contribution in [-0.4, -0.2) is 50.6 Å². The minimum atomic E-state index is 0. The van der Waals surface area contributed by atoms with Gasteiger partial charge in [0.2, 0.25) is 0 Å². The van der Waals surface area contributed by atoms with Gasteiger partial charge in [-0.05, 0) is 34.0 Å². The van der Waals surface area contributed by atoms with E-state index in [1.807, 2.05) is 6.92 Å². The van der Waals surface area contributed by atoms with Crippen LogP contribution in [0.1, 0.15) is 13.3 Å². The van der Waals surface area contributed by atoms with E-state index >= 15 is 0 Å². The predicted molar refractivity (Wildman–Crippen MR) is 66.1 cm³/mol. The van der Waals surface area contributed by atoms with Crippen molar-refractivity contribution < 1.29 is 0 Å². The molecule has 0 aliphatic heterocycles. The molecule has 0 saturated carbocycles.